The third-order valence-corrected chi connectivity index (χ3v) is 19.0. The van der Waals surface area contributed by atoms with E-state index in [2.05, 4.69) is 73.8 Å². The smallest absolute Gasteiger partial charge is 0.192 e. The van der Waals surface area contributed by atoms with Crippen molar-refractivity contribution in [2.24, 2.45) is 5.73 Å². The molecule has 3 aromatic heterocycles. The van der Waals surface area contributed by atoms with E-state index in [1.807, 2.05) is 53.3 Å². The second-order valence-electron chi connectivity index (χ2n) is 15.6. The van der Waals surface area contributed by atoms with Gasteiger partial charge >= 0.3 is 0 Å². The van der Waals surface area contributed by atoms with E-state index < -0.39 is 16.6 Å². The molecule has 0 saturated heterocycles. The number of hydrogen-bond acceptors (Lipinski definition) is 8. The van der Waals surface area contributed by atoms with Gasteiger partial charge in [-0.25, -0.2) is 9.67 Å². The minimum absolute atomic E-state index is 0.118. The molecule has 0 bridgehead atoms. The van der Waals surface area contributed by atoms with Gasteiger partial charge in [-0.1, -0.05) is 53.7 Å². The van der Waals surface area contributed by atoms with E-state index in [-0.39, 0.29) is 16.1 Å². The Labute approximate surface area is 289 Å². The molecular weight excluding hydrogens is 635 g/mol. The Morgan fingerprint density at radius 3 is 2.21 bits per heavy atom. The third-order valence-electron chi connectivity index (χ3n) is 9.97. The van der Waals surface area contributed by atoms with E-state index in [4.69, 9.17) is 39.1 Å². The topological polar surface area (TPSA) is 107 Å². The third kappa shape index (κ3) is 9.19. The van der Waals surface area contributed by atoms with Gasteiger partial charge in [0.1, 0.15) is 12.4 Å². The molecule has 2 N–H and O–H groups in total. The zero-order valence-electron chi connectivity index (χ0n) is 31.0. The van der Waals surface area contributed by atoms with E-state index in [9.17, 15) is 0 Å². The van der Waals surface area contributed by atoms with Crippen molar-refractivity contribution in [3.63, 3.8) is 0 Å². The van der Waals surface area contributed by atoms with Crippen molar-refractivity contribution in [3.05, 3.63) is 66.1 Å². The van der Waals surface area contributed by atoms with Crippen LogP contribution in [0.4, 0.5) is 0 Å². The molecule has 262 valence electrons. The molecule has 0 aliphatic carbocycles. The molecule has 1 aromatic carbocycles. The van der Waals surface area contributed by atoms with E-state index in [1.165, 1.54) is 0 Å². The predicted octanol–water partition coefficient (Wildman–Crippen LogP) is 8.83. The van der Waals surface area contributed by atoms with Crippen molar-refractivity contribution in [1.82, 2.24) is 19.7 Å². The van der Waals surface area contributed by atoms with E-state index in [0.29, 0.717) is 38.0 Å². The summed E-state index contributed by atoms with van der Waals surface area (Å²) in [7, 11) is -2.05. The fourth-order valence-corrected chi connectivity index (χ4v) is 6.76. The van der Waals surface area contributed by atoms with Crippen molar-refractivity contribution in [1.29, 1.82) is 0 Å². The number of aromatic nitrogens is 4. The second kappa shape index (κ2) is 15.3. The van der Waals surface area contributed by atoms with Gasteiger partial charge in [0, 0.05) is 25.3 Å². The highest BCUT2D eigenvalue weighted by Crippen LogP contribution is 2.38. The van der Waals surface area contributed by atoms with Gasteiger partial charge in [-0.3, -0.25) is 4.98 Å². The highest BCUT2D eigenvalue weighted by molar-refractivity contribution is 6.74. The number of rotatable bonds is 15. The van der Waals surface area contributed by atoms with Crippen molar-refractivity contribution < 1.29 is 18.3 Å². The molecule has 0 spiro atoms. The molecular formula is C37H57N5O4Si2. The van der Waals surface area contributed by atoms with Crippen LogP contribution in [0.25, 0.3) is 28.0 Å². The first-order chi connectivity index (χ1) is 22.4. The van der Waals surface area contributed by atoms with Crippen LogP contribution in [0, 0.1) is 0 Å². The molecule has 0 aliphatic heterocycles. The molecule has 4 aromatic rings. The summed E-state index contributed by atoms with van der Waals surface area (Å²) in [5, 5.41) is 5.95. The van der Waals surface area contributed by atoms with Gasteiger partial charge in [0.25, 0.3) is 0 Å². The lowest BCUT2D eigenvalue weighted by Gasteiger charge is -2.36. The molecule has 11 heteroatoms. The van der Waals surface area contributed by atoms with Crippen LogP contribution in [-0.4, -0.2) is 63.3 Å². The number of fused-ring (bicyclic) bond motifs is 1. The first-order valence-corrected chi connectivity index (χ1v) is 22.9. The maximum absolute atomic E-state index is 6.68. The molecule has 0 radical (unpaired) electrons. The molecule has 4 rings (SSSR count). The van der Waals surface area contributed by atoms with Crippen LogP contribution in [0.1, 0.15) is 71.8 Å². The maximum atomic E-state index is 6.68. The zero-order valence-corrected chi connectivity index (χ0v) is 33.0. The Morgan fingerprint density at radius 1 is 0.833 bits per heavy atom. The molecule has 3 heterocycles. The van der Waals surface area contributed by atoms with E-state index in [0.717, 1.165) is 46.4 Å². The first-order valence-electron chi connectivity index (χ1n) is 17.0. The number of ether oxygens (including phenoxy) is 2. The highest BCUT2D eigenvalue weighted by Gasteiger charge is 2.38. The summed E-state index contributed by atoms with van der Waals surface area (Å²) in [6.45, 7) is 24.6. The minimum atomic E-state index is -1.93. The average Bonchev–Trinajstić information content (AvgIpc) is 3.46. The van der Waals surface area contributed by atoms with Crippen LogP contribution in [0.3, 0.4) is 0 Å². The van der Waals surface area contributed by atoms with Gasteiger partial charge < -0.3 is 24.1 Å². The van der Waals surface area contributed by atoms with Crippen molar-refractivity contribution in [3.8, 4) is 22.8 Å². The van der Waals surface area contributed by atoms with Crippen molar-refractivity contribution >= 4 is 27.5 Å². The van der Waals surface area contributed by atoms with Gasteiger partial charge in [-0.2, -0.15) is 5.10 Å². The van der Waals surface area contributed by atoms with Gasteiger partial charge in [0.15, 0.2) is 22.5 Å². The lowest BCUT2D eigenvalue weighted by Crippen LogP contribution is -2.41. The largest absolute Gasteiger partial charge is 0.490 e. The molecule has 0 fully saturated rings. The van der Waals surface area contributed by atoms with E-state index in [1.54, 1.807) is 7.11 Å². The van der Waals surface area contributed by atoms with Crippen LogP contribution < -0.4 is 10.5 Å². The molecule has 0 aliphatic rings. The summed E-state index contributed by atoms with van der Waals surface area (Å²) in [5.74, 6) is 1.42. The summed E-state index contributed by atoms with van der Waals surface area (Å²) in [5.41, 5.74) is 11.0. The fourth-order valence-electron chi connectivity index (χ4n) is 4.73. The summed E-state index contributed by atoms with van der Waals surface area (Å²) in [4.78, 5) is 9.98. The summed E-state index contributed by atoms with van der Waals surface area (Å²) < 4.78 is 26.2. The molecule has 0 amide bonds. The minimum Gasteiger partial charge on any atom is -0.490 e. The van der Waals surface area contributed by atoms with Crippen LogP contribution in [-0.2, 0) is 20.2 Å². The average molecular weight is 692 g/mol. The number of benzene rings is 1. The summed E-state index contributed by atoms with van der Waals surface area (Å²) in [6.07, 6.45) is 3.51. The first kappa shape index (κ1) is 37.9. The number of nitrogens with zero attached hydrogens (tertiary/aromatic N) is 4. The predicted molar refractivity (Wildman–Crippen MR) is 201 cm³/mol. The van der Waals surface area contributed by atoms with Gasteiger partial charge in [0.2, 0.25) is 0 Å². The fraction of sp³-hybridized carbons (Fsp3) is 0.541. The van der Waals surface area contributed by atoms with Gasteiger partial charge in [0.05, 0.1) is 47.4 Å². The quantitative estimate of drug-likeness (QED) is 0.0974. The Hall–Kier alpha value is -2.94. The number of hydrogen-bond donors (Lipinski definition) is 1. The number of nitrogens with two attached hydrogens (primary N) is 1. The van der Waals surface area contributed by atoms with Crippen LogP contribution in [0.15, 0.2) is 54.7 Å². The Kier molecular flexibility index (Phi) is 12.1. The molecule has 0 unspecified atom stereocenters. The lowest BCUT2D eigenvalue weighted by atomic mass is 10.0. The molecule has 0 saturated carbocycles. The number of pyridine rings is 2. The normalized spacial score (nSPS) is 13.7. The lowest BCUT2D eigenvalue weighted by molar-refractivity contribution is 0.147. The monoisotopic (exact) mass is 691 g/mol. The van der Waals surface area contributed by atoms with Gasteiger partial charge in [-0.15, -0.1) is 0 Å². The standard InChI is InChI=1S/C37H57N5O4Si2/c1-36(2,3)47(8,9)45-20-14-16-30(38)32-18-13-17-31(41-32)27-23-33-29(34(24-27)44-22-21-43-7)25-39-42(33)35-19-12-15-28(40-35)26-46-48(10,11)37(4,5)6/h12-13,15,17-19,23-25,30H,14,16,20-22,26,38H2,1-11H3/t30-/m0/s1. The SMILES string of the molecule is COCCOc1cc(-c2cccc([C@@H](N)CCCO[Si](C)(C)C(C)(C)C)n2)cc2c1cnn2-c1cccc(CO[Si](C)(C)C(C)(C)C)n1. The van der Waals surface area contributed by atoms with Crippen LogP contribution >= 0.6 is 0 Å². The van der Waals surface area contributed by atoms with Crippen LogP contribution in [0.5, 0.6) is 5.75 Å². The maximum Gasteiger partial charge on any atom is 0.192 e. The van der Waals surface area contributed by atoms with Crippen molar-refractivity contribution in [2.75, 3.05) is 26.9 Å². The Bertz CT molecular complexity index is 1660. The zero-order chi connectivity index (χ0) is 35.3. The number of methoxy groups -OCH3 is 1. The van der Waals surface area contributed by atoms with Crippen LogP contribution in [0.2, 0.25) is 36.3 Å². The molecule has 48 heavy (non-hydrogen) atoms. The van der Waals surface area contributed by atoms with E-state index >= 15 is 0 Å². The van der Waals surface area contributed by atoms with Gasteiger partial charge in [-0.05, 0) is 85.5 Å². The molecule has 1 atom stereocenters. The summed E-state index contributed by atoms with van der Waals surface area (Å²) in [6, 6.07) is 15.9. The second-order valence-corrected chi connectivity index (χ2v) is 25.3. The van der Waals surface area contributed by atoms with Crippen molar-refractivity contribution in [2.45, 2.75) is 103 Å². The highest BCUT2D eigenvalue weighted by atomic mass is 28.4. The summed E-state index contributed by atoms with van der Waals surface area (Å²) >= 11 is 0. The molecule has 9 nitrogen and oxygen atoms in total. The Balaban J connectivity index is 1.62. The Morgan fingerprint density at radius 2 is 1.52 bits per heavy atom.